The summed E-state index contributed by atoms with van der Waals surface area (Å²) in [6, 6.07) is 8.48. The number of aryl methyl sites for hydroxylation is 1. The van der Waals surface area contributed by atoms with Crippen LogP contribution in [0.2, 0.25) is 0 Å². The number of benzene rings is 1. The van der Waals surface area contributed by atoms with Crippen molar-refractivity contribution < 1.29 is 4.39 Å². The third-order valence-corrected chi connectivity index (χ3v) is 4.09. The van der Waals surface area contributed by atoms with E-state index < -0.39 is 0 Å². The maximum absolute atomic E-state index is 13.4. The molecule has 0 bridgehead atoms. The molecule has 108 valence electrons. The van der Waals surface area contributed by atoms with Gasteiger partial charge in [0.15, 0.2) is 5.82 Å². The summed E-state index contributed by atoms with van der Waals surface area (Å²) >= 11 is 1.63. The normalized spacial score (nSPS) is 11.0. The van der Waals surface area contributed by atoms with Crippen molar-refractivity contribution in [3.05, 3.63) is 41.0 Å². The number of rotatable bonds is 4. The van der Waals surface area contributed by atoms with E-state index in [2.05, 4.69) is 35.2 Å². The second kappa shape index (κ2) is 5.77. The summed E-state index contributed by atoms with van der Waals surface area (Å²) in [5, 5.41) is 4.37. The Hall–Kier alpha value is -2.01. The third-order valence-electron chi connectivity index (χ3n) is 3.14. The van der Waals surface area contributed by atoms with Gasteiger partial charge in [-0.05, 0) is 31.5 Å². The van der Waals surface area contributed by atoms with Crippen molar-refractivity contribution >= 4 is 27.4 Å². The van der Waals surface area contributed by atoms with Crippen LogP contribution in [0.25, 0.3) is 21.6 Å². The van der Waals surface area contributed by atoms with Gasteiger partial charge in [0.2, 0.25) is 0 Å². The van der Waals surface area contributed by atoms with Crippen molar-refractivity contribution in [1.82, 2.24) is 9.97 Å². The van der Waals surface area contributed by atoms with Gasteiger partial charge in [-0.1, -0.05) is 19.1 Å². The quantitative estimate of drug-likeness (QED) is 0.763. The summed E-state index contributed by atoms with van der Waals surface area (Å²) in [5.74, 6) is 1.11. The first-order valence-electron chi connectivity index (χ1n) is 6.95. The summed E-state index contributed by atoms with van der Waals surface area (Å²) < 4.78 is 13.4. The number of aromatic nitrogens is 2. The number of hydrogen-bond donors (Lipinski definition) is 1. The molecule has 0 aliphatic carbocycles. The fourth-order valence-electron chi connectivity index (χ4n) is 2.18. The lowest BCUT2D eigenvalue weighted by molar-refractivity contribution is 0.628. The molecule has 0 aliphatic rings. The summed E-state index contributed by atoms with van der Waals surface area (Å²) in [6.07, 6.45) is 1.02. The molecule has 0 fully saturated rings. The zero-order chi connectivity index (χ0) is 14.8. The standard InChI is InChI=1S/C16H16FN3S/c1-3-7-18-15-13-8-10(2)21-16(13)20-14(19-15)11-5-4-6-12(17)9-11/h4-6,8-9H,3,7H2,1-2H3,(H,18,19,20). The maximum atomic E-state index is 13.4. The number of anilines is 1. The van der Waals surface area contributed by atoms with Crippen molar-refractivity contribution in [2.75, 3.05) is 11.9 Å². The van der Waals surface area contributed by atoms with Crippen LogP contribution >= 0.6 is 11.3 Å². The predicted octanol–water partition coefficient (Wildman–Crippen LogP) is 4.63. The van der Waals surface area contributed by atoms with Crippen molar-refractivity contribution in [3.63, 3.8) is 0 Å². The van der Waals surface area contributed by atoms with Gasteiger partial charge in [0.05, 0.1) is 5.39 Å². The Morgan fingerprint density at radius 2 is 2.10 bits per heavy atom. The molecule has 1 aromatic carbocycles. The van der Waals surface area contributed by atoms with E-state index in [0.717, 1.165) is 29.0 Å². The largest absolute Gasteiger partial charge is 0.369 e. The van der Waals surface area contributed by atoms with Gasteiger partial charge in [-0.15, -0.1) is 11.3 Å². The van der Waals surface area contributed by atoms with Crippen LogP contribution in [0.4, 0.5) is 10.2 Å². The molecule has 0 amide bonds. The summed E-state index contributed by atoms with van der Waals surface area (Å²) in [7, 11) is 0. The fourth-order valence-corrected chi connectivity index (χ4v) is 3.06. The summed E-state index contributed by atoms with van der Waals surface area (Å²) in [6.45, 7) is 5.01. The predicted molar refractivity (Wildman–Crippen MR) is 86.3 cm³/mol. The Balaban J connectivity index is 2.15. The highest BCUT2D eigenvalue weighted by Crippen LogP contribution is 2.31. The number of fused-ring (bicyclic) bond motifs is 1. The molecule has 0 unspecified atom stereocenters. The monoisotopic (exact) mass is 301 g/mol. The minimum absolute atomic E-state index is 0.276. The van der Waals surface area contributed by atoms with Gasteiger partial charge < -0.3 is 5.32 Å². The van der Waals surface area contributed by atoms with Crippen molar-refractivity contribution in [3.8, 4) is 11.4 Å². The smallest absolute Gasteiger partial charge is 0.163 e. The molecular weight excluding hydrogens is 285 g/mol. The zero-order valence-electron chi connectivity index (χ0n) is 12.0. The first kappa shape index (κ1) is 13.9. The van der Waals surface area contributed by atoms with Crippen LogP contribution in [0, 0.1) is 12.7 Å². The van der Waals surface area contributed by atoms with Crippen LogP contribution < -0.4 is 5.32 Å². The van der Waals surface area contributed by atoms with Crippen molar-refractivity contribution in [2.24, 2.45) is 0 Å². The van der Waals surface area contributed by atoms with Gasteiger partial charge in [-0.2, -0.15) is 0 Å². The molecule has 3 rings (SSSR count). The number of nitrogens with zero attached hydrogens (tertiary/aromatic N) is 2. The van der Waals surface area contributed by atoms with Crippen LogP contribution in [0.3, 0.4) is 0 Å². The van der Waals surface area contributed by atoms with Crippen molar-refractivity contribution in [1.29, 1.82) is 0 Å². The molecular formula is C16H16FN3S. The second-order valence-electron chi connectivity index (χ2n) is 4.91. The first-order valence-corrected chi connectivity index (χ1v) is 7.77. The van der Waals surface area contributed by atoms with E-state index in [0.29, 0.717) is 11.4 Å². The molecule has 0 radical (unpaired) electrons. The van der Waals surface area contributed by atoms with Crippen LogP contribution in [0.15, 0.2) is 30.3 Å². The Kier molecular flexibility index (Phi) is 3.84. The number of halogens is 1. The molecule has 0 spiro atoms. The highest BCUT2D eigenvalue weighted by Gasteiger charge is 2.12. The molecule has 2 aromatic heterocycles. The SMILES string of the molecule is CCCNc1nc(-c2cccc(F)c2)nc2sc(C)cc12. The molecule has 3 nitrogen and oxygen atoms in total. The average molecular weight is 301 g/mol. The zero-order valence-corrected chi connectivity index (χ0v) is 12.8. The highest BCUT2D eigenvalue weighted by atomic mass is 32.1. The molecule has 0 aliphatic heterocycles. The number of hydrogen-bond acceptors (Lipinski definition) is 4. The molecule has 0 saturated heterocycles. The fraction of sp³-hybridized carbons (Fsp3) is 0.250. The van der Waals surface area contributed by atoms with Crippen LogP contribution in [0.1, 0.15) is 18.2 Å². The van der Waals surface area contributed by atoms with Gasteiger partial charge in [-0.3, -0.25) is 0 Å². The molecule has 0 saturated carbocycles. The minimum Gasteiger partial charge on any atom is -0.369 e. The van der Waals surface area contributed by atoms with E-state index >= 15 is 0 Å². The topological polar surface area (TPSA) is 37.8 Å². The van der Waals surface area contributed by atoms with E-state index in [1.54, 1.807) is 17.4 Å². The van der Waals surface area contributed by atoms with E-state index in [-0.39, 0.29) is 5.82 Å². The Labute approximate surface area is 126 Å². The summed E-state index contributed by atoms with van der Waals surface area (Å²) in [5.41, 5.74) is 0.697. The van der Waals surface area contributed by atoms with E-state index in [1.165, 1.54) is 17.0 Å². The lowest BCUT2D eigenvalue weighted by Gasteiger charge is -2.08. The highest BCUT2D eigenvalue weighted by molar-refractivity contribution is 7.18. The summed E-state index contributed by atoms with van der Waals surface area (Å²) in [4.78, 5) is 11.3. The van der Waals surface area contributed by atoms with Crippen LogP contribution in [-0.4, -0.2) is 16.5 Å². The van der Waals surface area contributed by atoms with Gasteiger partial charge in [0, 0.05) is 17.0 Å². The van der Waals surface area contributed by atoms with E-state index in [1.807, 2.05) is 6.07 Å². The Bertz CT molecular complexity index is 782. The van der Waals surface area contributed by atoms with Gasteiger partial charge >= 0.3 is 0 Å². The molecule has 0 atom stereocenters. The lowest BCUT2D eigenvalue weighted by atomic mass is 10.2. The number of thiophene rings is 1. The average Bonchev–Trinajstić information content (AvgIpc) is 2.85. The van der Waals surface area contributed by atoms with Gasteiger partial charge in [-0.25, -0.2) is 14.4 Å². The lowest BCUT2D eigenvalue weighted by Crippen LogP contribution is -2.04. The molecule has 21 heavy (non-hydrogen) atoms. The molecule has 1 N–H and O–H groups in total. The van der Waals surface area contributed by atoms with Crippen LogP contribution in [-0.2, 0) is 0 Å². The minimum atomic E-state index is -0.276. The Morgan fingerprint density at radius 3 is 2.86 bits per heavy atom. The number of nitrogens with one attached hydrogen (secondary N) is 1. The molecule has 3 aromatic rings. The molecule has 2 heterocycles. The van der Waals surface area contributed by atoms with E-state index in [9.17, 15) is 4.39 Å². The van der Waals surface area contributed by atoms with Crippen LogP contribution in [0.5, 0.6) is 0 Å². The van der Waals surface area contributed by atoms with Gasteiger partial charge in [0.1, 0.15) is 16.5 Å². The van der Waals surface area contributed by atoms with Crippen molar-refractivity contribution in [2.45, 2.75) is 20.3 Å². The third kappa shape index (κ3) is 2.88. The van der Waals surface area contributed by atoms with Gasteiger partial charge in [0.25, 0.3) is 0 Å². The first-order chi connectivity index (χ1) is 10.2. The second-order valence-corrected chi connectivity index (χ2v) is 6.14. The Morgan fingerprint density at radius 1 is 1.24 bits per heavy atom. The molecule has 5 heteroatoms. The van der Waals surface area contributed by atoms with E-state index in [4.69, 9.17) is 0 Å². The maximum Gasteiger partial charge on any atom is 0.163 e.